The Morgan fingerprint density at radius 3 is 0.648 bits per heavy atom. The summed E-state index contributed by atoms with van der Waals surface area (Å²) in [6.45, 7) is 37.0. The lowest BCUT2D eigenvalue weighted by Crippen LogP contribution is -2.20. The number of phenols is 4. The highest BCUT2D eigenvalue weighted by atomic mass is 16.5. The second kappa shape index (κ2) is 25.1. The van der Waals surface area contributed by atoms with Crippen LogP contribution in [0.15, 0.2) is 158 Å². The lowest BCUT2D eigenvalue weighted by molar-refractivity contribution is 0.453. The molecule has 0 bridgehead atoms. The molecule has 0 saturated heterocycles. The Bertz CT molecular complexity index is 3870. The van der Waals surface area contributed by atoms with Crippen molar-refractivity contribution in [3.05, 3.63) is 258 Å². The highest BCUT2D eigenvalue weighted by Gasteiger charge is 2.29. The van der Waals surface area contributed by atoms with Crippen molar-refractivity contribution in [1.82, 2.24) is 0 Å². The zero-order valence-electron chi connectivity index (χ0n) is 54.4. The Morgan fingerprint density at radius 1 is 0.239 bits per heavy atom. The van der Waals surface area contributed by atoms with Gasteiger partial charge in [0.2, 0.25) is 0 Å². The fourth-order valence-corrected chi connectivity index (χ4v) is 11.9. The molecular formula is C80H84O8. The summed E-state index contributed by atoms with van der Waals surface area (Å²) in [7, 11) is 0. The minimum atomic E-state index is -0.298. The summed E-state index contributed by atoms with van der Waals surface area (Å²) < 4.78 is 25.7. The van der Waals surface area contributed by atoms with E-state index in [4.69, 9.17) is 18.9 Å². The third-order valence-corrected chi connectivity index (χ3v) is 17.3. The van der Waals surface area contributed by atoms with Gasteiger partial charge in [-0.25, -0.2) is 0 Å². The van der Waals surface area contributed by atoms with E-state index in [0.29, 0.717) is 23.0 Å². The molecule has 452 valence electrons. The second-order valence-electron chi connectivity index (χ2n) is 25.2. The Kier molecular flexibility index (Phi) is 18.0. The molecule has 4 N–H and O–H groups in total. The molecule has 0 unspecified atom stereocenters. The number of aromatic hydroxyl groups is 4. The van der Waals surface area contributed by atoms with Crippen LogP contribution in [0.25, 0.3) is 22.3 Å². The van der Waals surface area contributed by atoms with Gasteiger partial charge in [-0.1, -0.05) is 137 Å². The van der Waals surface area contributed by atoms with Crippen LogP contribution in [0.4, 0.5) is 0 Å². The topological polar surface area (TPSA) is 118 Å². The molecule has 0 aliphatic heterocycles. The van der Waals surface area contributed by atoms with E-state index in [0.717, 1.165) is 135 Å². The summed E-state index contributed by atoms with van der Waals surface area (Å²) in [6, 6.07) is 52.5. The zero-order valence-corrected chi connectivity index (χ0v) is 54.4. The molecule has 0 heterocycles. The van der Waals surface area contributed by atoms with Crippen molar-refractivity contribution < 1.29 is 39.4 Å². The van der Waals surface area contributed by atoms with Crippen molar-refractivity contribution in [1.29, 1.82) is 0 Å². The maximum absolute atomic E-state index is 10.8. The molecule has 10 rings (SSSR count). The van der Waals surface area contributed by atoms with Gasteiger partial charge in [0.15, 0.2) is 0 Å². The van der Waals surface area contributed by atoms with Crippen LogP contribution in [-0.2, 0) is 10.8 Å². The molecule has 0 atom stereocenters. The van der Waals surface area contributed by atoms with Crippen LogP contribution in [0.1, 0.15) is 128 Å². The van der Waals surface area contributed by atoms with E-state index in [-0.39, 0.29) is 22.3 Å². The third kappa shape index (κ3) is 13.1. The average Bonchev–Trinajstić information content (AvgIpc) is 1.94. The molecule has 0 aromatic heterocycles. The predicted octanol–water partition coefficient (Wildman–Crippen LogP) is 21.7. The highest BCUT2D eigenvalue weighted by Crippen LogP contribution is 2.46. The second-order valence-corrected chi connectivity index (χ2v) is 25.2. The van der Waals surface area contributed by atoms with Crippen molar-refractivity contribution in [2.45, 2.75) is 135 Å². The zero-order chi connectivity index (χ0) is 63.8. The molecule has 88 heavy (non-hydrogen) atoms. The molecule has 0 radical (unpaired) electrons. The Balaban J connectivity index is 0.000000215. The molecule has 0 saturated carbocycles. The smallest absolute Gasteiger partial charge is 0.133 e. The lowest BCUT2D eigenvalue weighted by atomic mass is 9.76. The first kappa shape index (κ1) is 63.1. The lowest BCUT2D eigenvalue weighted by Gasteiger charge is -2.29. The molecular weight excluding hydrogens is 1090 g/mol. The fourth-order valence-electron chi connectivity index (χ4n) is 11.9. The normalized spacial score (nSPS) is 11.5. The van der Waals surface area contributed by atoms with Crippen LogP contribution < -0.4 is 18.9 Å². The molecule has 8 nitrogen and oxygen atoms in total. The largest absolute Gasteiger partial charge is 0.507 e. The first-order valence-corrected chi connectivity index (χ1v) is 30.1. The Hall–Kier alpha value is -9.40. The van der Waals surface area contributed by atoms with Crippen LogP contribution in [0.2, 0.25) is 0 Å². The first-order chi connectivity index (χ1) is 41.5. The molecule has 0 aliphatic carbocycles. The van der Waals surface area contributed by atoms with Gasteiger partial charge in [-0.05, 0) is 257 Å². The van der Waals surface area contributed by atoms with Crippen molar-refractivity contribution in [3.8, 4) is 91.2 Å². The van der Waals surface area contributed by atoms with Gasteiger partial charge >= 0.3 is 0 Å². The summed E-state index contributed by atoms with van der Waals surface area (Å²) in [5.41, 5.74) is 20.8. The summed E-state index contributed by atoms with van der Waals surface area (Å²) >= 11 is 0. The molecule has 0 amide bonds. The monoisotopic (exact) mass is 1170 g/mol. The predicted molar refractivity (Wildman–Crippen MR) is 360 cm³/mol. The number of rotatable bonds is 14. The summed E-state index contributed by atoms with van der Waals surface area (Å²) in [4.78, 5) is 0. The van der Waals surface area contributed by atoms with E-state index in [9.17, 15) is 20.4 Å². The minimum Gasteiger partial charge on any atom is -0.507 e. The maximum atomic E-state index is 10.8. The number of hydrogen-bond donors (Lipinski definition) is 4. The van der Waals surface area contributed by atoms with E-state index < -0.39 is 0 Å². The summed E-state index contributed by atoms with van der Waals surface area (Å²) in [5.74, 6) is 7.29. The van der Waals surface area contributed by atoms with Crippen molar-refractivity contribution >= 4 is 0 Å². The van der Waals surface area contributed by atoms with E-state index in [2.05, 4.69) is 132 Å². The van der Waals surface area contributed by atoms with E-state index >= 15 is 0 Å². The number of aryl methyl sites for hydroxylation is 14. The number of ether oxygens (including phenoxy) is 4. The molecule has 10 aromatic carbocycles. The minimum absolute atomic E-state index is 0.250. The first-order valence-electron chi connectivity index (χ1n) is 30.1. The van der Waals surface area contributed by atoms with E-state index in [1.54, 1.807) is 0 Å². The van der Waals surface area contributed by atoms with Gasteiger partial charge in [-0.3, -0.25) is 0 Å². The number of phenolic OH excluding ortho intramolecular Hbond substituents is 4. The quantitative estimate of drug-likeness (QED) is 0.0851. The van der Waals surface area contributed by atoms with Gasteiger partial charge < -0.3 is 39.4 Å². The maximum Gasteiger partial charge on any atom is 0.133 e. The van der Waals surface area contributed by atoms with Crippen LogP contribution in [0.5, 0.6) is 69.0 Å². The third-order valence-electron chi connectivity index (χ3n) is 17.3. The van der Waals surface area contributed by atoms with Crippen LogP contribution in [0, 0.1) is 96.9 Å². The van der Waals surface area contributed by atoms with Gasteiger partial charge in [0.05, 0.1) is 0 Å². The van der Waals surface area contributed by atoms with Crippen LogP contribution in [-0.4, -0.2) is 20.4 Å². The van der Waals surface area contributed by atoms with Crippen molar-refractivity contribution in [2.75, 3.05) is 0 Å². The molecule has 0 spiro atoms. The van der Waals surface area contributed by atoms with Crippen LogP contribution >= 0.6 is 0 Å². The molecule has 0 aliphatic rings. The number of hydrogen-bond acceptors (Lipinski definition) is 8. The Morgan fingerprint density at radius 2 is 0.432 bits per heavy atom. The van der Waals surface area contributed by atoms with Crippen LogP contribution in [0.3, 0.4) is 0 Å². The summed E-state index contributed by atoms with van der Waals surface area (Å²) in [5, 5.41) is 41.9. The molecule has 8 heteroatoms. The Labute approximate surface area is 521 Å². The van der Waals surface area contributed by atoms with E-state index in [1.807, 2.05) is 151 Å². The number of benzene rings is 10. The van der Waals surface area contributed by atoms with Gasteiger partial charge in [0.25, 0.3) is 0 Å². The standard InChI is InChI=1S/C45H44O4.C35H40O4/c1-27-23-37(25-39(41(27)46)33-15-11-9-12-16-33)48-43-29(3)19-35(20-30(43)4)45(7,8)36-21-31(5)44(32(6)22-36)49-38-24-28(2)42(47)40(26-38)34-17-13-10-14-18-34;1-19-15-29(16-20(2)31(19)36)38-33-23(5)11-27(12-24(33)6)35(9,10)28-13-25(7)34(26(8)14-28)39-30-17-21(3)32(37)22(4)18-30/h9-26,46-47H,1-8H3;11-18,36-37H,1-10H3. The molecule has 10 aromatic rings. The van der Waals surface area contributed by atoms with Gasteiger partial charge in [-0.2, -0.15) is 0 Å². The molecule has 0 fully saturated rings. The highest BCUT2D eigenvalue weighted by molar-refractivity contribution is 5.75. The summed E-state index contributed by atoms with van der Waals surface area (Å²) in [6.07, 6.45) is 0. The fraction of sp³-hybridized carbons (Fsp3) is 0.250. The van der Waals surface area contributed by atoms with Crippen molar-refractivity contribution in [2.24, 2.45) is 0 Å². The van der Waals surface area contributed by atoms with Gasteiger partial charge in [0.1, 0.15) is 69.0 Å². The van der Waals surface area contributed by atoms with Gasteiger partial charge in [-0.15, -0.1) is 0 Å². The average molecular weight is 1170 g/mol. The van der Waals surface area contributed by atoms with Crippen molar-refractivity contribution in [3.63, 3.8) is 0 Å². The van der Waals surface area contributed by atoms with E-state index in [1.165, 1.54) is 22.3 Å². The van der Waals surface area contributed by atoms with Gasteiger partial charge in [0, 0.05) is 22.0 Å². The SMILES string of the molecule is Cc1cc(Oc2c(C)cc(C(C)(C)c3cc(C)c(Oc4cc(C)c(O)c(-c5ccccc5)c4)c(C)c3)cc2C)cc(-c2ccccc2)c1O.Cc1cc(Oc2c(C)cc(C(C)(C)c3cc(C)c(Oc4cc(C)c(O)c(C)c4)c(C)c3)cc2C)cc(C)c1O.